The molecule has 0 amide bonds. The van der Waals surface area contributed by atoms with Gasteiger partial charge in [-0.2, -0.15) is 0 Å². The number of aliphatic hydroxyl groups excluding tert-OH is 2. The molecule has 1 rings (SSSR count). The van der Waals surface area contributed by atoms with E-state index in [1.165, 1.54) is 0 Å². The largest absolute Gasteiger partial charge is 0.400 e. The topological polar surface area (TPSA) is 66.5 Å². The van der Waals surface area contributed by atoms with Crippen molar-refractivity contribution in [1.82, 2.24) is 0 Å². The van der Waals surface area contributed by atoms with Gasteiger partial charge in [-0.15, -0.1) is 0 Å². The van der Waals surface area contributed by atoms with E-state index in [0.29, 0.717) is 6.04 Å². The summed E-state index contributed by atoms with van der Waals surface area (Å²) >= 11 is 0. The fourth-order valence-electron chi connectivity index (χ4n) is 1.10. The van der Waals surface area contributed by atoms with Crippen molar-refractivity contribution in [2.75, 3.05) is 7.11 Å². The van der Waals surface area contributed by atoms with Gasteiger partial charge < -0.3 is 15.9 Å². The molecule has 1 aliphatic rings. The summed E-state index contributed by atoms with van der Waals surface area (Å²) in [7, 11) is 1.00. The second-order valence-electron chi connectivity index (χ2n) is 2.57. The molecule has 0 aliphatic heterocycles. The summed E-state index contributed by atoms with van der Waals surface area (Å²) in [4.78, 5) is 0. The molecule has 10 heavy (non-hydrogen) atoms. The normalized spacial score (nSPS) is 32.4. The summed E-state index contributed by atoms with van der Waals surface area (Å²) in [6, 6.07) is 0.360. The summed E-state index contributed by atoms with van der Waals surface area (Å²) in [5.74, 6) is 0. The predicted octanol–water partition coefficient (Wildman–Crippen LogP) is -0.143. The third-order valence-electron chi connectivity index (χ3n) is 1.74. The van der Waals surface area contributed by atoms with Crippen molar-refractivity contribution in [3.8, 4) is 0 Å². The first-order chi connectivity index (χ1) is 4.79. The first-order valence-electron chi connectivity index (χ1n) is 3.67. The van der Waals surface area contributed by atoms with Gasteiger partial charge in [-0.05, 0) is 25.7 Å². The SMILES string of the molecule is CO.NC1CCC(O)CC1. The highest BCUT2D eigenvalue weighted by Gasteiger charge is 2.14. The van der Waals surface area contributed by atoms with Gasteiger partial charge in [0.1, 0.15) is 0 Å². The fourth-order valence-corrected chi connectivity index (χ4v) is 1.10. The van der Waals surface area contributed by atoms with Gasteiger partial charge in [-0.3, -0.25) is 0 Å². The molecule has 0 aromatic heterocycles. The molecular formula is C7H17NO2. The second kappa shape index (κ2) is 5.65. The van der Waals surface area contributed by atoms with E-state index in [1.54, 1.807) is 0 Å². The van der Waals surface area contributed by atoms with Gasteiger partial charge in [0.25, 0.3) is 0 Å². The zero-order valence-corrected chi connectivity index (χ0v) is 6.45. The third kappa shape index (κ3) is 3.82. The molecule has 0 radical (unpaired) electrons. The van der Waals surface area contributed by atoms with Crippen LogP contribution in [0.5, 0.6) is 0 Å². The van der Waals surface area contributed by atoms with Gasteiger partial charge in [-0.1, -0.05) is 0 Å². The van der Waals surface area contributed by atoms with Gasteiger partial charge in [0.15, 0.2) is 0 Å². The minimum atomic E-state index is -0.0604. The van der Waals surface area contributed by atoms with Crippen molar-refractivity contribution in [2.45, 2.75) is 37.8 Å². The minimum Gasteiger partial charge on any atom is -0.400 e. The number of nitrogens with two attached hydrogens (primary N) is 1. The molecule has 4 N–H and O–H groups in total. The molecule has 62 valence electrons. The van der Waals surface area contributed by atoms with Crippen molar-refractivity contribution < 1.29 is 10.2 Å². The van der Waals surface area contributed by atoms with Crippen molar-refractivity contribution >= 4 is 0 Å². The van der Waals surface area contributed by atoms with E-state index in [9.17, 15) is 0 Å². The molecule has 0 unspecified atom stereocenters. The Morgan fingerprint density at radius 3 is 1.80 bits per heavy atom. The quantitative estimate of drug-likeness (QED) is 0.446. The Hall–Kier alpha value is -0.120. The van der Waals surface area contributed by atoms with Crippen LogP contribution in [-0.2, 0) is 0 Å². The summed E-state index contributed by atoms with van der Waals surface area (Å²) in [5, 5.41) is 16.0. The number of rotatable bonds is 0. The highest BCUT2D eigenvalue weighted by atomic mass is 16.3. The average molecular weight is 147 g/mol. The summed E-state index contributed by atoms with van der Waals surface area (Å²) in [5.41, 5.74) is 5.59. The summed E-state index contributed by atoms with van der Waals surface area (Å²) in [6.07, 6.45) is 3.75. The molecule has 1 fully saturated rings. The third-order valence-corrected chi connectivity index (χ3v) is 1.74. The van der Waals surface area contributed by atoms with E-state index in [1.807, 2.05) is 0 Å². The van der Waals surface area contributed by atoms with Crippen molar-refractivity contribution in [2.24, 2.45) is 5.73 Å². The molecule has 0 spiro atoms. The van der Waals surface area contributed by atoms with E-state index < -0.39 is 0 Å². The average Bonchev–Trinajstić information content (AvgIpc) is 2.00. The van der Waals surface area contributed by atoms with Crippen LogP contribution >= 0.6 is 0 Å². The Balaban J connectivity index is 0.000000371. The maximum absolute atomic E-state index is 8.97. The van der Waals surface area contributed by atoms with Gasteiger partial charge in [-0.25, -0.2) is 0 Å². The highest BCUT2D eigenvalue weighted by molar-refractivity contribution is 4.72. The standard InChI is InChI=1S/C6H13NO.CH4O/c7-5-1-3-6(8)4-2-5;1-2/h5-6,8H,1-4,7H2;2H,1H3. The van der Waals surface area contributed by atoms with Crippen LogP contribution in [0.15, 0.2) is 0 Å². The summed E-state index contributed by atoms with van der Waals surface area (Å²) in [6.45, 7) is 0. The lowest BCUT2D eigenvalue weighted by Gasteiger charge is -2.21. The van der Waals surface area contributed by atoms with Crippen molar-refractivity contribution in [3.05, 3.63) is 0 Å². The zero-order chi connectivity index (χ0) is 7.98. The van der Waals surface area contributed by atoms with Crippen LogP contribution in [0.1, 0.15) is 25.7 Å². The molecule has 3 heteroatoms. The van der Waals surface area contributed by atoms with E-state index in [4.69, 9.17) is 15.9 Å². The van der Waals surface area contributed by atoms with Crippen LogP contribution in [0.2, 0.25) is 0 Å². The maximum Gasteiger partial charge on any atom is 0.0541 e. The van der Waals surface area contributed by atoms with Gasteiger partial charge in [0, 0.05) is 13.2 Å². The Morgan fingerprint density at radius 1 is 1.10 bits per heavy atom. The fraction of sp³-hybridized carbons (Fsp3) is 1.00. The minimum absolute atomic E-state index is 0.0604. The molecule has 1 aliphatic carbocycles. The molecule has 1 saturated carbocycles. The molecule has 3 nitrogen and oxygen atoms in total. The molecule has 0 atom stereocenters. The van der Waals surface area contributed by atoms with Gasteiger partial charge in [0.2, 0.25) is 0 Å². The number of aliphatic hydroxyl groups is 2. The Labute approximate surface area is 61.9 Å². The van der Waals surface area contributed by atoms with Gasteiger partial charge in [0.05, 0.1) is 6.10 Å². The molecule has 0 aromatic rings. The maximum atomic E-state index is 8.97. The molecule has 0 bridgehead atoms. The predicted molar refractivity (Wildman–Crippen MR) is 40.6 cm³/mol. The van der Waals surface area contributed by atoms with E-state index >= 15 is 0 Å². The van der Waals surface area contributed by atoms with Crippen LogP contribution in [-0.4, -0.2) is 29.5 Å². The van der Waals surface area contributed by atoms with E-state index in [0.717, 1.165) is 32.8 Å². The van der Waals surface area contributed by atoms with E-state index in [-0.39, 0.29) is 6.10 Å². The zero-order valence-electron chi connectivity index (χ0n) is 6.45. The first-order valence-corrected chi connectivity index (χ1v) is 3.67. The summed E-state index contributed by atoms with van der Waals surface area (Å²) < 4.78 is 0. The second-order valence-corrected chi connectivity index (χ2v) is 2.57. The highest BCUT2D eigenvalue weighted by Crippen LogP contribution is 2.15. The number of hydrogen-bond donors (Lipinski definition) is 3. The lowest BCUT2D eigenvalue weighted by atomic mass is 9.94. The first kappa shape index (κ1) is 9.88. The van der Waals surface area contributed by atoms with Crippen LogP contribution in [0.25, 0.3) is 0 Å². The molecule has 0 heterocycles. The van der Waals surface area contributed by atoms with Crippen molar-refractivity contribution in [1.29, 1.82) is 0 Å². The molecule has 0 aromatic carbocycles. The van der Waals surface area contributed by atoms with Gasteiger partial charge >= 0.3 is 0 Å². The molecular weight excluding hydrogens is 130 g/mol. The molecule has 0 saturated heterocycles. The smallest absolute Gasteiger partial charge is 0.0541 e. The van der Waals surface area contributed by atoms with Crippen molar-refractivity contribution in [3.63, 3.8) is 0 Å². The van der Waals surface area contributed by atoms with Crippen LogP contribution in [0, 0.1) is 0 Å². The van der Waals surface area contributed by atoms with E-state index in [2.05, 4.69) is 0 Å². The van der Waals surface area contributed by atoms with Crippen LogP contribution < -0.4 is 5.73 Å². The Morgan fingerprint density at radius 2 is 1.50 bits per heavy atom. The lowest BCUT2D eigenvalue weighted by molar-refractivity contribution is 0.123. The Kier molecular flexibility index (Phi) is 5.58. The monoisotopic (exact) mass is 147 g/mol. The lowest BCUT2D eigenvalue weighted by Crippen LogP contribution is -2.28. The van der Waals surface area contributed by atoms with Crippen LogP contribution in [0.3, 0.4) is 0 Å². The Bertz CT molecular complexity index is 60.0. The number of hydrogen-bond acceptors (Lipinski definition) is 3. The van der Waals surface area contributed by atoms with Crippen LogP contribution in [0.4, 0.5) is 0 Å².